The molecule has 0 N–H and O–H groups in total. The van der Waals surface area contributed by atoms with E-state index in [9.17, 15) is 0 Å². The van der Waals surface area contributed by atoms with Gasteiger partial charge in [-0.05, 0) is 51.8 Å². The lowest BCUT2D eigenvalue weighted by Gasteiger charge is -2.19. The third kappa shape index (κ3) is 2.40. The minimum atomic E-state index is 0.788. The van der Waals surface area contributed by atoms with Gasteiger partial charge in [-0.1, -0.05) is 29.8 Å². The number of benzene rings is 1. The highest BCUT2D eigenvalue weighted by Crippen LogP contribution is 2.36. The lowest BCUT2D eigenvalue weighted by atomic mass is 9.96. The van der Waals surface area contributed by atoms with Gasteiger partial charge in [-0.3, -0.25) is 0 Å². The van der Waals surface area contributed by atoms with E-state index in [-0.39, 0.29) is 0 Å². The molecule has 2 rings (SSSR count). The van der Waals surface area contributed by atoms with Crippen molar-refractivity contribution in [3.05, 3.63) is 35.4 Å². The van der Waals surface area contributed by atoms with E-state index in [0.29, 0.717) is 0 Å². The van der Waals surface area contributed by atoms with E-state index in [4.69, 9.17) is 0 Å². The Morgan fingerprint density at radius 3 is 2.27 bits per heavy atom. The summed E-state index contributed by atoms with van der Waals surface area (Å²) in [5.74, 6) is 0.790. The summed E-state index contributed by atoms with van der Waals surface area (Å²) in [6.45, 7) is 2.15. The molecular weight excluding hydrogens is 182 g/mol. The van der Waals surface area contributed by atoms with Crippen LogP contribution in [0, 0.1) is 6.92 Å². The Hall–Kier alpha value is -0.820. The minimum absolute atomic E-state index is 0.788. The van der Waals surface area contributed by atoms with Crippen molar-refractivity contribution in [2.45, 2.75) is 38.1 Å². The van der Waals surface area contributed by atoms with Crippen molar-refractivity contribution in [1.82, 2.24) is 4.90 Å². The zero-order valence-corrected chi connectivity index (χ0v) is 10.0. The first-order chi connectivity index (χ1) is 7.16. The Kier molecular flexibility index (Phi) is 3.11. The fraction of sp³-hybridized carbons (Fsp3) is 0.571. The molecular formula is C14H21N. The van der Waals surface area contributed by atoms with Crippen LogP contribution in [0.5, 0.6) is 0 Å². The highest BCUT2D eigenvalue weighted by atomic mass is 15.1. The maximum absolute atomic E-state index is 2.37. The molecule has 0 radical (unpaired) electrons. The van der Waals surface area contributed by atoms with Crippen LogP contribution in [0.4, 0.5) is 0 Å². The quantitative estimate of drug-likeness (QED) is 0.713. The van der Waals surface area contributed by atoms with Gasteiger partial charge >= 0.3 is 0 Å². The summed E-state index contributed by atoms with van der Waals surface area (Å²) in [7, 11) is 4.39. The lowest BCUT2D eigenvalue weighted by molar-refractivity contribution is 0.296. The summed E-state index contributed by atoms with van der Waals surface area (Å²) < 4.78 is 0. The van der Waals surface area contributed by atoms with Crippen LogP contribution in [0.1, 0.15) is 36.3 Å². The fourth-order valence-electron chi connectivity index (χ4n) is 2.57. The highest BCUT2D eigenvalue weighted by Gasteiger charge is 2.26. The van der Waals surface area contributed by atoms with E-state index in [1.807, 2.05) is 0 Å². The van der Waals surface area contributed by atoms with Crippen LogP contribution in [0.2, 0.25) is 0 Å². The molecule has 82 valence electrons. The smallest absolute Gasteiger partial charge is 0.00952 e. The number of nitrogens with zero attached hydrogens (tertiary/aromatic N) is 1. The van der Waals surface area contributed by atoms with Gasteiger partial charge in [-0.15, -0.1) is 0 Å². The molecule has 1 heteroatoms. The lowest BCUT2D eigenvalue weighted by Crippen LogP contribution is -2.24. The molecule has 15 heavy (non-hydrogen) atoms. The first-order valence-electron chi connectivity index (χ1n) is 5.90. The molecule has 0 amide bonds. The van der Waals surface area contributed by atoms with Crippen LogP contribution in [-0.2, 0) is 0 Å². The van der Waals surface area contributed by atoms with Crippen molar-refractivity contribution in [2.24, 2.45) is 0 Å². The molecule has 1 aliphatic rings. The van der Waals surface area contributed by atoms with Gasteiger partial charge in [0.25, 0.3) is 0 Å². The third-order valence-electron chi connectivity index (χ3n) is 3.68. The summed E-state index contributed by atoms with van der Waals surface area (Å²) in [4.78, 5) is 2.37. The second kappa shape index (κ2) is 4.36. The van der Waals surface area contributed by atoms with Gasteiger partial charge in [0, 0.05) is 6.04 Å². The average Bonchev–Trinajstić information content (AvgIpc) is 2.68. The van der Waals surface area contributed by atoms with Crippen LogP contribution in [0.25, 0.3) is 0 Å². The maximum Gasteiger partial charge on any atom is 0.00952 e. The van der Waals surface area contributed by atoms with Crippen molar-refractivity contribution in [2.75, 3.05) is 14.1 Å². The number of rotatable bonds is 2. The second-order valence-corrected chi connectivity index (χ2v) is 5.04. The van der Waals surface area contributed by atoms with Crippen LogP contribution in [-0.4, -0.2) is 25.0 Å². The predicted molar refractivity (Wildman–Crippen MR) is 65.2 cm³/mol. The van der Waals surface area contributed by atoms with Crippen LogP contribution >= 0.6 is 0 Å². The number of hydrogen-bond acceptors (Lipinski definition) is 1. The number of hydrogen-bond donors (Lipinski definition) is 0. The zero-order valence-electron chi connectivity index (χ0n) is 10.0. The molecule has 2 atom stereocenters. The van der Waals surface area contributed by atoms with E-state index in [1.165, 1.54) is 30.4 Å². The molecule has 0 spiro atoms. The van der Waals surface area contributed by atoms with Gasteiger partial charge in [0.2, 0.25) is 0 Å². The molecule has 1 nitrogen and oxygen atoms in total. The Labute approximate surface area is 93.1 Å². The molecule has 0 heterocycles. The van der Waals surface area contributed by atoms with Gasteiger partial charge in [-0.25, -0.2) is 0 Å². The van der Waals surface area contributed by atoms with Gasteiger partial charge in [0.05, 0.1) is 0 Å². The number of aryl methyl sites for hydroxylation is 1. The van der Waals surface area contributed by atoms with Crippen molar-refractivity contribution >= 4 is 0 Å². The van der Waals surface area contributed by atoms with Gasteiger partial charge in [-0.2, -0.15) is 0 Å². The molecule has 0 aromatic heterocycles. The van der Waals surface area contributed by atoms with E-state index in [0.717, 1.165) is 12.0 Å². The third-order valence-corrected chi connectivity index (χ3v) is 3.68. The topological polar surface area (TPSA) is 3.24 Å². The standard InChI is InChI=1S/C14H21N/c1-11-4-6-12(7-5-11)13-8-9-14(10-13)15(2)3/h4-7,13-14H,8-10H2,1-3H3. The minimum Gasteiger partial charge on any atom is -0.306 e. The summed E-state index contributed by atoms with van der Waals surface area (Å²) in [5, 5.41) is 0. The van der Waals surface area contributed by atoms with E-state index in [2.05, 4.69) is 50.2 Å². The first-order valence-corrected chi connectivity index (χ1v) is 5.90. The van der Waals surface area contributed by atoms with Crippen molar-refractivity contribution in [3.63, 3.8) is 0 Å². The summed E-state index contributed by atoms with van der Waals surface area (Å²) in [6, 6.07) is 9.86. The summed E-state index contributed by atoms with van der Waals surface area (Å²) >= 11 is 0. The summed E-state index contributed by atoms with van der Waals surface area (Å²) in [6.07, 6.45) is 4.04. The SMILES string of the molecule is Cc1ccc(C2CCC(N(C)C)C2)cc1. The van der Waals surface area contributed by atoms with E-state index >= 15 is 0 Å². The molecule has 1 fully saturated rings. The monoisotopic (exact) mass is 203 g/mol. The normalized spacial score (nSPS) is 26.1. The fourth-order valence-corrected chi connectivity index (χ4v) is 2.57. The average molecular weight is 203 g/mol. The Morgan fingerprint density at radius 2 is 1.73 bits per heavy atom. The molecule has 1 saturated carbocycles. The molecule has 2 unspecified atom stereocenters. The van der Waals surface area contributed by atoms with E-state index < -0.39 is 0 Å². The molecule has 0 saturated heterocycles. The molecule has 1 aromatic rings. The van der Waals surface area contributed by atoms with Crippen molar-refractivity contribution in [1.29, 1.82) is 0 Å². The van der Waals surface area contributed by atoms with Crippen LogP contribution in [0.3, 0.4) is 0 Å². The van der Waals surface area contributed by atoms with Crippen LogP contribution in [0.15, 0.2) is 24.3 Å². The highest BCUT2D eigenvalue weighted by molar-refractivity contribution is 5.25. The molecule has 0 bridgehead atoms. The Balaban J connectivity index is 2.04. The van der Waals surface area contributed by atoms with Crippen molar-refractivity contribution in [3.8, 4) is 0 Å². The first kappa shape index (κ1) is 10.7. The maximum atomic E-state index is 2.37. The Morgan fingerprint density at radius 1 is 1.07 bits per heavy atom. The molecule has 1 aromatic carbocycles. The second-order valence-electron chi connectivity index (χ2n) is 5.04. The molecule has 0 aliphatic heterocycles. The Bertz CT molecular complexity index is 313. The van der Waals surface area contributed by atoms with Crippen molar-refractivity contribution < 1.29 is 0 Å². The largest absolute Gasteiger partial charge is 0.306 e. The van der Waals surface area contributed by atoms with Gasteiger partial charge in [0.1, 0.15) is 0 Å². The zero-order chi connectivity index (χ0) is 10.8. The van der Waals surface area contributed by atoms with Crippen LogP contribution < -0.4 is 0 Å². The van der Waals surface area contributed by atoms with E-state index in [1.54, 1.807) is 0 Å². The van der Waals surface area contributed by atoms with Gasteiger partial charge < -0.3 is 4.90 Å². The molecule has 1 aliphatic carbocycles. The predicted octanol–water partition coefficient (Wildman–Crippen LogP) is 3.19. The summed E-state index contributed by atoms with van der Waals surface area (Å²) in [5.41, 5.74) is 2.89. The van der Waals surface area contributed by atoms with Gasteiger partial charge in [0.15, 0.2) is 0 Å².